The van der Waals surface area contributed by atoms with Crippen LogP contribution in [-0.2, 0) is 27.7 Å². The molecule has 0 saturated carbocycles. The van der Waals surface area contributed by atoms with Crippen molar-refractivity contribution in [1.82, 2.24) is 14.3 Å². The van der Waals surface area contributed by atoms with Gasteiger partial charge in [-0.25, -0.2) is 22.9 Å². The minimum absolute atomic E-state index is 0.0155. The highest BCUT2D eigenvalue weighted by Gasteiger charge is 2.24. The van der Waals surface area contributed by atoms with Crippen molar-refractivity contribution in [3.63, 3.8) is 0 Å². The summed E-state index contributed by atoms with van der Waals surface area (Å²) in [6.45, 7) is 2.40. The summed E-state index contributed by atoms with van der Waals surface area (Å²) < 4.78 is 35.2. The average molecular weight is 566 g/mol. The summed E-state index contributed by atoms with van der Waals surface area (Å²) in [4.78, 5) is 29.3. The highest BCUT2D eigenvalue weighted by Crippen LogP contribution is 2.28. The molecule has 8 nitrogen and oxygen atoms in total. The molecule has 0 fully saturated rings. The zero-order valence-electron chi connectivity index (χ0n) is 21.6. The number of nitrogens with one attached hydrogen (secondary N) is 1. The molecule has 39 heavy (non-hydrogen) atoms. The Morgan fingerprint density at radius 1 is 0.974 bits per heavy atom. The van der Waals surface area contributed by atoms with Gasteiger partial charge in [0.1, 0.15) is 5.82 Å². The van der Waals surface area contributed by atoms with Gasteiger partial charge in [0.05, 0.1) is 12.0 Å². The van der Waals surface area contributed by atoms with Gasteiger partial charge in [0.25, 0.3) is 15.9 Å². The Morgan fingerprint density at radius 3 is 2.31 bits per heavy atom. The fourth-order valence-corrected chi connectivity index (χ4v) is 5.67. The number of imidazole rings is 1. The first-order chi connectivity index (χ1) is 18.7. The predicted octanol–water partition coefficient (Wildman–Crippen LogP) is 5.50. The van der Waals surface area contributed by atoms with Crippen LogP contribution in [0.2, 0.25) is 5.15 Å². The van der Waals surface area contributed by atoms with Crippen LogP contribution < -0.4 is 4.72 Å². The molecule has 202 valence electrons. The molecule has 1 N–H and O–H groups in total. The number of ether oxygens (including phenoxy) is 1. The third kappa shape index (κ3) is 6.38. The summed E-state index contributed by atoms with van der Waals surface area (Å²) in [5.74, 6) is -0.583. The standard InChI is InChI=1S/C29H28ClN3O5S/c1-3-4-14-25-31-27(30)26(29(35)38-2)33(25)19-20-15-17-21(18-16-20)23-12-8-9-13-24(23)39(36,37)32-28(34)22-10-6-5-7-11-22/h5-13,15-18H,3-4,14,19H2,1-2H3,(H,32,34). The molecule has 0 aliphatic rings. The van der Waals surface area contributed by atoms with Gasteiger partial charge >= 0.3 is 5.97 Å². The van der Waals surface area contributed by atoms with Crippen LogP contribution in [0.15, 0.2) is 83.8 Å². The van der Waals surface area contributed by atoms with Gasteiger partial charge in [0, 0.05) is 24.1 Å². The maximum absolute atomic E-state index is 13.2. The summed E-state index contributed by atoms with van der Waals surface area (Å²) in [7, 11) is -2.86. The number of carbonyl (C=O) groups is 2. The number of benzene rings is 3. The lowest BCUT2D eigenvalue weighted by Gasteiger charge is -2.14. The molecule has 0 unspecified atom stereocenters. The zero-order valence-corrected chi connectivity index (χ0v) is 23.1. The van der Waals surface area contributed by atoms with Gasteiger partial charge in [0.2, 0.25) is 0 Å². The number of halogens is 1. The number of hydrogen-bond donors (Lipinski definition) is 1. The zero-order chi connectivity index (χ0) is 28.0. The largest absolute Gasteiger partial charge is 0.464 e. The lowest BCUT2D eigenvalue weighted by atomic mass is 10.0. The van der Waals surface area contributed by atoms with Crippen molar-refractivity contribution in [2.75, 3.05) is 7.11 Å². The van der Waals surface area contributed by atoms with Crippen LogP contribution in [0.4, 0.5) is 0 Å². The number of amides is 1. The summed E-state index contributed by atoms with van der Waals surface area (Å²) in [5.41, 5.74) is 2.39. The van der Waals surface area contributed by atoms with E-state index in [1.165, 1.54) is 13.2 Å². The van der Waals surface area contributed by atoms with Crippen LogP contribution in [0.3, 0.4) is 0 Å². The number of aromatic nitrogens is 2. The minimum atomic E-state index is -4.15. The van der Waals surface area contributed by atoms with E-state index >= 15 is 0 Å². The van der Waals surface area contributed by atoms with Crippen LogP contribution in [0.1, 0.15) is 52.0 Å². The van der Waals surface area contributed by atoms with Crippen molar-refractivity contribution in [1.29, 1.82) is 0 Å². The SMILES string of the molecule is CCCCc1nc(Cl)c(C(=O)OC)n1Cc1ccc(-c2ccccc2S(=O)(=O)NC(=O)c2ccccc2)cc1. The summed E-state index contributed by atoms with van der Waals surface area (Å²) in [6.07, 6.45) is 2.51. The fraction of sp³-hybridized carbons (Fsp3) is 0.207. The normalized spacial score (nSPS) is 11.3. The average Bonchev–Trinajstić information content (AvgIpc) is 3.26. The van der Waals surface area contributed by atoms with Crippen molar-refractivity contribution in [3.8, 4) is 11.1 Å². The van der Waals surface area contributed by atoms with E-state index in [4.69, 9.17) is 16.3 Å². The van der Waals surface area contributed by atoms with E-state index in [2.05, 4.69) is 16.6 Å². The number of sulfonamides is 1. The van der Waals surface area contributed by atoms with E-state index < -0.39 is 21.9 Å². The number of carbonyl (C=O) groups excluding carboxylic acids is 2. The van der Waals surface area contributed by atoms with Gasteiger partial charge in [-0.05, 0) is 35.7 Å². The smallest absolute Gasteiger partial charge is 0.357 e. The molecule has 4 aromatic rings. The monoisotopic (exact) mass is 565 g/mol. The Labute approximate surface area is 232 Å². The first-order valence-corrected chi connectivity index (χ1v) is 14.2. The Balaban J connectivity index is 1.62. The molecular formula is C29H28ClN3O5S. The summed E-state index contributed by atoms with van der Waals surface area (Å²) in [6, 6.07) is 21.9. The maximum atomic E-state index is 13.2. The predicted molar refractivity (Wildman–Crippen MR) is 149 cm³/mol. The van der Waals surface area contributed by atoms with E-state index in [1.807, 2.05) is 12.1 Å². The second-order valence-corrected chi connectivity index (χ2v) is 10.9. The Bertz CT molecular complexity index is 1580. The topological polar surface area (TPSA) is 107 Å². The Morgan fingerprint density at radius 2 is 1.64 bits per heavy atom. The van der Waals surface area contributed by atoms with E-state index in [9.17, 15) is 18.0 Å². The first-order valence-electron chi connectivity index (χ1n) is 12.4. The molecule has 0 radical (unpaired) electrons. The number of methoxy groups -OCH3 is 1. The van der Waals surface area contributed by atoms with E-state index in [0.717, 1.165) is 18.4 Å². The number of nitrogens with zero attached hydrogens (tertiary/aromatic N) is 2. The molecule has 0 saturated heterocycles. The van der Waals surface area contributed by atoms with Crippen molar-refractivity contribution >= 4 is 33.5 Å². The first kappa shape index (κ1) is 28.1. The number of unbranched alkanes of at least 4 members (excludes halogenated alkanes) is 1. The molecule has 0 aliphatic heterocycles. The molecule has 1 aromatic heterocycles. The second-order valence-electron chi connectivity index (χ2n) is 8.84. The molecule has 0 atom stereocenters. The number of esters is 1. The maximum Gasteiger partial charge on any atom is 0.357 e. The lowest BCUT2D eigenvalue weighted by Crippen LogP contribution is -2.30. The lowest BCUT2D eigenvalue weighted by molar-refractivity contribution is 0.0588. The van der Waals surface area contributed by atoms with Crippen LogP contribution in [0.25, 0.3) is 11.1 Å². The van der Waals surface area contributed by atoms with Gasteiger partial charge in [-0.2, -0.15) is 0 Å². The molecule has 0 spiro atoms. The third-order valence-corrected chi connectivity index (χ3v) is 7.83. The van der Waals surface area contributed by atoms with Crippen molar-refractivity contribution in [3.05, 3.63) is 107 Å². The van der Waals surface area contributed by atoms with Crippen molar-refractivity contribution < 1.29 is 22.7 Å². The van der Waals surface area contributed by atoms with Gasteiger partial charge in [0.15, 0.2) is 10.8 Å². The van der Waals surface area contributed by atoms with Gasteiger partial charge in [-0.15, -0.1) is 0 Å². The highest BCUT2D eigenvalue weighted by atomic mass is 35.5. The Hall–Kier alpha value is -3.95. The molecule has 10 heteroatoms. The number of rotatable bonds is 10. The Kier molecular flexibility index (Phi) is 8.83. The minimum Gasteiger partial charge on any atom is -0.464 e. The molecule has 4 rings (SSSR count). The van der Waals surface area contributed by atoms with Crippen molar-refractivity contribution in [2.24, 2.45) is 0 Å². The molecule has 1 amide bonds. The van der Waals surface area contributed by atoms with Gasteiger partial charge in [-0.3, -0.25) is 4.79 Å². The molecule has 0 aliphatic carbocycles. The number of aryl methyl sites for hydroxylation is 1. The second kappa shape index (κ2) is 12.3. The fourth-order valence-electron chi connectivity index (χ4n) is 4.19. The van der Waals surface area contributed by atoms with Crippen LogP contribution in [0, 0.1) is 0 Å². The van der Waals surface area contributed by atoms with E-state index in [0.29, 0.717) is 29.9 Å². The third-order valence-electron chi connectivity index (χ3n) is 6.18. The van der Waals surface area contributed by atoms with Crippen molar-refractivity contribution in [2.45, 2.75) is 37.6 Å². The van der Waals surface area contributed by atoms with Gasteiger partial charge < -0.3 is 9.30 Å². The molecule has 3 aromatic carbocycles. The highest BCUT2D eigenvalue weighted by molar-refractivity contribution is 7.90. The summed E-state index contributed by atoms with van der Waals surface area (Å²) in [5, 5.41) is 0.0984. The quantitative estimate of drug-likeness (QED) is 0.254. The molecule has 0 bridgehead atoms. The van der Waals surface area contributed by atoms with E-state index in [1.54, 1.807) is 65.2 Å². The van der Waals surface area contributed by atoms with E-state index in [-0.39, 0.29) is 21.3 Å². The van der Waals surface area contributed by atoms with Crippen LogP contribution in [-0.4, -0.2) is 37.0 Å². The van der Waals surface area contributed by atoms with Crippen LogP contribution >= 0.6 is 11.6 Å². The number of hydrogen-bond acceptors (Lipinski definition) is 6. The molecular weight excluding hydrogens is 538 g/mol. The van der Waals surface area contributed by atoms with Gasteiger partial charge in [-0.1, -0.05) is 85.6 Å². The summed E-state index contributed by atoms with van der Waals surface area (Å²) >= 11 is 6.29. The van der Waals surface area contributed by atoms with Crippen LogP contribution in [0.5, 0.6) is 0 Å². The molecule has 1 heterocycles.